The molecular formula is C12H13ClN2O2S2. The molecule has 0 spiro atoms. The zero-order valence-corrected chi connectivity index (χ0v) is 12.6. The maximum atomic E-state index is 12.2. The Bertz CT molecular complexity index is 696. The predicted molar refractivity (Wildman–Crippen MR) is 79.2 cm³/mol. The van der Waals surface area contributed by atoms with Crippen molar-refractivity contribution in [2.24, 2.45) is 5.73 Å². The number of hydrogen-bond acceptors (Lipinski definition) is 4. The van der Waals surface area contributed by atoms with Crippen LogP contribution in [-0.2, 0) is 16.6 Å². The third kappa shape index (κ3) is 3.27. The number of halogens is 1. The van der Waals surface area contributed by atoms with E-state index >= 15 is 0 Å². The molecule has 2 aromatic rings. The van der Waals surface area contributed by atoms with Crippen LogP contribution in [0.25, 0.3) is 0 Å². The minimum Gasteiger partial charge on any atom is -0.326 e. The average molecular weight is 317 g/mol. The Labute approximate surface area is 121 Å². The zero-order chi connectivity index (χ0) is 14.0. The highest BCUT2D eigenvalue weighted by Crippen LogP contribution is 2.27. The lowest BCUT2D eigenvalue weighted by atomic mass is 10.2. The predicted octanol–water partition coefficient (Wildman–Crippen LogP) is 2.97. The molecule has 7 heteroatoms. The van der Waals surface area contributed by atoms with Gasteiger partial charge in [0.25, 0.3) is 10.0 Å². The molecule has 3 N–H and O–H groups in total. The smallest absolute Gasteiger partial charge is 0.262 e. The maximum Gasteiger partial charge on any atom is 0.262 e. The number of benzene rings is 1. The first-order valence-electron chi connectivity index (χ1n) is 5.49. The number of aryl methyl sites for hydroxylation is 1. The molecular weight excluding hydrogens is 304 g/mol. The number of thiophene rings is 1. The summed E-state index contributed by atoms with van der Waals surface area (Å²) in [4.78, 5) is 1.02. The van der Waals surface area contributed by atoms with E-state index in [0.717, 1.165) is 10.4 Å². The maximum absolute atomic E-state index is 12.2. The van der Waals surface area contributed by atoms with Gasteiger partial charge in [0.05, 0.1) is 15.6 Å². The molecule has 102 valence electrons. The molecule has 0 bridgehead atoms. The fraction of sp³-hybridized carbons (Fsp3) is 0.167. The van der Waals surface area contributed by atoms with Crippen molar-refractivity contribution in [3.63, 3.8) is 0 Å². The van der Waals surface area contributed by atoms with Gasteiger partial charge in [-0.2, -0.15) is 0 Å². The van der Waals surface area contributed by atoms with Crippen molar-refractivity contribution < 1.29 is 8.42 Å². The highest BCUT2D eigenvalue weighted by atomic mass is 35.5. The second kappa shape index (κ2) is 5.50. The highest BCUT2D eigenvalue weighted by molar-refractivity contribution is 7.92. The Balaban J connectivity index is 2.30. The van der Waals surface area contributed by atoms with Gasteiger partial charge >= 0.3 is 0 Å². The van der Waals surface area contributed by atoms with E-state index in [1.807, 2.05) is 6.92 Å². The average Bonchev–Trinajstić information content (AvgIpc) is 2.82. The molecule has 0 aliphatic rings. The topological polar surface area (TPSA) is 72.2 Å². The van der Waals surface area contributed by atoms with E-state index in [4.69, 9.17) is 17.3 Å². The van der Waals surface area contributed by atoms with Crippen LogP contribution in [0.5, 0.6) is 0 Å². The lowest BCUT2D eigenvalue weighted by Crippen LogP contribution is -2.12. The fourth-order valence-electron chi connectivity index (χ4n) is 1.52. The molecule has 0 unspecified atom stereocenters. The minimum absolute atomic E-state index is 0.203. The van der Waals surface area contributed by atoms with E-state index < -0.39 is 10.0 Å². The van der Waals surface area contributed by atoms with E-state index in [0.29, 0.717) is 17.3 Å². The van der Waals surface area contributed by atoms with Crippen molar-refractivity contribution in [1.29, 1.82) is 0 Å². The molecule has 0 atom stereocenters. The molecule has 19 heavy (non-hydrogen) atoms. The quantitative estimate of drug-likeness (QED) is 0.911. The van der Waals surface area contributed by atoms with Crippen LogP contribution in [0.4, 0.5) is 5.69 Å². The van der Waals surface area contributed by atoms with E-state index in [2.05, 4.69) is 4.72 Å². The number of nitrogens with two attached hydrogens (primary N) is 1. The summed E-state index contributed by atoms with van der Waals surface area (Å²) >= 11 is 7.33. The number of anilines is 1. The van der Waals surface area contributed by atoms with Gasteiger partial charge in [0.15, 0.2) is 0 Å². The van der Waals surface area contributed by atoms with Crippen LogP contribution in [-0.4, -0.2) is 8.42 Å². The van der Waals surface area contributed by atoms with Crippen molar-refractivity contribution in [2.75, 3.05) is 4.72 Å². The Morgan fingerprint density at radius 3 is 2.68 bits per heavy atom. The Morgan fingerprint density at radius 1 is 1.37 bits per heavy atom. The van der Waals surface area contributed by atoms with Crippen molar-refractivity contribution >= 4 is 38.6 Å². The lowest BCUT2D eigenvalue weighted by Gasteiger charge is -2.08. The second-order valence-corrected chi connectivity index (χ2v) is 7.13. The zero-order valence-electron chi connectivity index (χ0n) is 10.2. The molecule has 0 amide bonds. The van der Waals surface area contributed by atoms with Gasteiger partial charge in [-0.3, -0.25) is 4.72 Å². The highest BCUT2D eigenvalue weighted by Gasteiger charge is 2.17. The molecule has 1 heterocycles. The molecule has 4 nitrogen and oxygen atoms in total. The van der Waals surface area contributed by atoms with Gasteiger partial charge in [-0.1, -0.05) is 17.7 Å². The molecule has 2 rings (SSSR count). The van der Waals surface area contributed by atoms with Gasteiger partial charge in [-0.15, -0.1) is 11.3 Å². The molecule has 1 aromatic heterocycles. The molecule has 1 aromatic carbocycles. The SMILES string of the molecule is Cc1ccc(NS(=O)(=O)c2csc(CN)c2)c(Cl)c1. The van der Waals surface area contributed by atoms with Crippen LogP contribution in [0, 0.1) is 6.92 Å². The van der Waals surface area contributed by atoms with Crippen LogP contribution in [0.1, 0.15) is 10.4 Å². The summed E-state index contributed by atoms with van der Waals surface area (Å²) in [7, 11) is -3.62. The van der Waals surface area contributed by atoms with Gasteiger partial charge in [0, 0.05) is 16.8 Å². The lowest BCUT2D eigenvalue weighted by molar-refractivity contribution is 0.601. The van der Waals surface area contributed by atoms with Gasteiger partial charge in [-0.25, -0.2) is 8.42 Å². The summed E-state index contributed by atoms with van der Waals surface area (Å²) in [6.07, 6.45) is 0. The van der Waals surface area contributed by atoms with Gasteiger partial charge in [0.2, 0.25) is 0 Å². The van der Waals surface area contributed by atoms with E-state index in [1.165, 1.54) is 11.3 Å². The summed E-state index contributed by atoms with van der Waals surface area (Å²) < 4.78 is 26.8. The van der Waals surface area contributed by atoms with Crippen LogP contribution in [0.3, 0.4) is 0 Å². The van der Waals surface area contributed by atoms with Crippen molar-refractivity contribution in [1.82, 2.24) is 0 Å². The Kier molecular flexibility index (Phi) is 4.15. The fourth-order valence-corrected chi connectivity index (χ4v) is 4.09. The van der Waals surface area contributed by atoms with Gasteiger partial charge in [-0.05, 0) is 30.7 Å². The standard InChI is InChI=1S/C12H13ClN2O2S2/c1-8-2-3-12(11(13)4-8)15-19(16,17)10-5-9(6-14)18-7-10/h2-5,7,15H,6,14H2,1H3. The summed E-state index contributed by atoms with van der Waals surface area (Å²) in [6.45, 7) is 2.21. The monoisotopic (exact) mass is 316 g/mol. The van der Waals surface area contributed by atoms with E-state index in [-0.39, 0.29) is 4.90 Å². The van der Waals surface area contributed by atoms with Gasteiger partial charge in [0.1, 0.15) is 0 Å². The largest absolute Gasteiger partial charge is 0.326 e. The molecule has 0 saturated heterocycles. The van der Waals surface area contributed by atoms with Crippen molar-refractivity contribution in [3.05, 3.63) is 45.1 Å². The molecule has 0 aliphatic heterocycles. The third-order valence-corrected chi connectivity index (χ3v) is 5.28. The van der Waals surface area contributed by atoms with E-state index in [1.54, 1.807) is 29.6 Å². The minimum atomic E-state index is -3.62. The van der Waals surface area contributed by atoms with Crippen molar-refractivity contribution in [2.45, 2.75) is 18.4 Å². The Hall–Kier alpha value is -1.08. The molecule has 0 fully saturated rings. The van der Waals surface area contributed by atoms with Crippen LogP contribution < -0.4 is 10.5 Å². The Morgan fingerprint density at radius 2 is 2.11 bits per heavy atom. The molecule has 0 radical (unpaired) electrons. The van der Waals surface area contributed by atoms with Crippen molar-refractivity contribution in [3.8, 4) is 0 Å². The van der Waals surface area contributed by atoms with E-state index in [9.17, 15) is 8.42 Å². The summed E-state index contributed by atoms with van der Waals surface area (Å²) in [5.41, 5.74) is 6.81. The summed E-state index contributed by atoms with van der Waals surface area (Å²) in [5.74, 6) is 0. The van der Waals surface area contributed by atoms with Crippen LogP contribution in [0.15, 0.2) is 34.5 Å². The molecule has 0 saturated carbocycles. The summed E-state index contributed by atoms with van der Waals surface area (Å²) in [6, 6.07) is 6.71. The normalized spacial score (nSPS) is 11.5. The molecule has 0 aliphatic carbocycles. The number of rotatable bonds is 4. The number of sulfonamides is 1. The first kappa shape index (κ1) is 14.3. The number of hydrogen-bond donors (Lipinski definition) is 2. The first-order valence-corrected chi connectivity index (χ1v) is 8.23. The van der Waals surface area contributed by atoms with Crippen LogP contribution in [0.2, 0.25) is 5.02 Å². The summed E-state index contributed by atoms with van der Waals surface area (Å²) in [5, 5.41) is 1.94. The van der Waals surface area contributed by atoms with Gasteiger partial charge < -0.3 is 5.73 Å². The number of nitrogens with one attached hydrogen (secondary N) is 1. The van der Waals surface area contributed by atoms with Crippen LogP contribution >= 0.6 is 22.9 Å². The first-order chi connectivity index (χ1) is 8.92. The second-order valence-electron chi connectivity index (χ2n) is 4.04. The third-order valence-electron chi connectivity index (χ3n) is 2.51.